The summed E-state index contributed by atoms with van der Waals surface area (Å²) >= 11 is 0. The topological polar surface area (TPSA) is 157 Å². The fourth-order valence-electron chi connectivity index (χ4n) is 3.19. The van der Waals surface area contributed by atoms with Gasteiger partial charge in [-0.2, -0.15) is 0 Å². The molecular weight excluding hydrogens is 292 g/mol. The first-order valence-corrected chi connectivity index (χ1v) is 7.19. The van der Waals surface area contributed by atoms with Crippen LogP contribution in [0.3, 0.4) is 0 Å². The quantitative estimate of drug-likeness (QED) is 0.381. The number of rotatable bonds is 6. The number of aromatic nitrogens is 2. The Bertz CT molecular complexity index is 615. The first-order chi connectivity index (χ1) is 10.5. The molecule has 1 aromatic heterocycles. The van der Waals surface area contributed by atoms with Crippen LogP contribution in [0.5, 0.6) is 0 Å². The smallest absolute Gasteiger partial charge is 0.330 e. The van der Waals surface area contributed by atoms with Gasteiger partial charge in [0, 0.05) is 24.6 Å². The third-order valence-corrected chi connectivity index (χ3v) is 4.12. The third-order valence-electron chi connectivity index (χ3n) is 4.12. The Morgan fingerprint density at radius 1 is 1.36 bits per heavy atom. The van der Waals surface area contributed by atoms with E-state index in [2.05, 4.69) is 4.98 Å². The van der Waals surface area contributed by atoms with Gasteiger partial charge in [0.1, 0.15) is 6.10 Å². The molecule has 4 atom stereocenters. The largest absolute Gasteiger partial charge is 0.394 e. The lowest BCUT2D eigenvalue weighted by molar-refractivity contribution is -0.136. The first kappa shape index (κ1) is 16.8. The molecule has 0 saturated carbocycles. The molecule has 1 fully saturated rings. The molecule has 1 aliphatic rings. The Morgan fingerprint density at radius 3 is 2.64 bits per heavy atom. The Morgan fingerprint density at radius 2 is 2.09 bits per heavy atom. The van der Waals surface area contributed by atoms with E-state index >= 15 is 0 Å². The number of ether oxygens (including phenoxy) is 1. The summed E-state index contributed by atoms with van der Waals surface area (Å²) in [6, 6.07) is 1.20. The standard InChI is InChI=1S/C13H22N4O5/c14-4-1-8-11(20)9(7-18)22-13(8,3-5-15)17-6-2-10(19)16-12(17)21/h2,6,8-9,11,18,20H,1,3-5,7,14-15H2,(H,16,19,21)/t8-,9-,11+,13-/m1/s1. The van der Waals surface area contributed by atoms with Gasteiger partial charge in [-0.25, -0.2) is 4.79 Å². The summed E-state index contributed by atoms with van der Waals surface area (Å²) in [6.07, 6.45) is 0.0913. The van der Waals surface area contributed by atoms with E-state index in [1.165, 1.54) is 16.8 Å². The SMILES string of the molecule is NCC[C@@H]1[C@H](O)[C@@H](CO)O[C@@]1(CCN)n1ccc(=O)[nH]c1=O. The van der Waals surface area contributed by atoms with E-state index in [9.17, 15) is 19.8 Å². The molecule has 7 N–H and O–H groups in total. The van der Waals surface area contributed by atoms with Gasteiger partial charge in [0.05, 0.1) is 12.7 Å². The number of nitrogens with two attached hydrogens (primary N) is 2. The molecule has 22 heavy (non-hydrogen) atoms. The molecule has 0 aromatic carbocycles. The van der Waals surface area contributed by atoms with E-state index < -0.39 is 41.7 Å². The van der Waals surface area contributed by atoms with Crippen molar-refractivity contribution in [2.45, 2.75) is 30.8 Å². The molecular formula is C13H22N4O5. The van der Waals surface area contributed by atoms with Crippen molar-refractivity contribution in [3.05, 3.63) is 33.1 Å². The molecule has 0 radical (unpaired) electrons. The minimum atomic E-state index is -1.25. The number of hydrogen-bond acceptors (Lipinski definition) is 7. The minimum absolute atomic E-state index is 0.192. The highest BCUT2D eigenvalue weighted by Crippen LogP contribution is 2.43. The zero-order valence-corrected chi connectivity index (χ0v) is 12.1. The van der Waals surface area contributed by atoms with E-state index in [0.717, 1.165) is 0 Å². The Labute approximate surface area is 126 Å². The number of aliphatic hydroxyl groups is 2. The first-order valence-electron chi connectivity index (χ1n) is 7.19. The van der Waals surface area contributed by atoms with Crippen LogP contribution >= 0.6 is 0 Å². The Kier molecular flexibility index (Phi) is 5.14. The summed E-state index contributed by atoms with van der Waals surface area (Å²) < 4.78 is 7.05. The van der Waals surface area contributed by atoms with Crippen LogP contribution in [0.2, 0.25) is 0 Å². The van der Waals surface area contributed by atoms with E-state index in [1.54, 1.807) is 0 Å². The normalized spacial score (nSPS) is 31.5. The van der Waals surface area contributed by atoms with Crippen molar-refractivity contribution in [1.29, 1.82) is 0 Å². The van der Waals surface area contributed by atoms with Crippen LogP contribution in [-0.4, -0.2) is 51.7 Å². The number of nitrogens with one attached hydrogen (secondary N) is 1. The van der Waals surface area contributed by atoms with Gasteiger partial charge < -0.3 is 26.4 Å². The fourth-order valence-corrected chi connectivity index (χ4v) is 3.19. The van der Waals surface area contributed by atoms with Crippen molar-refractivity contribution >= 4 is 0 Å². The van der Waals surface area contributed by atoms with Gasteiger partial charge in [0.25, 0.3) is 5.56 Å². The van der Waals surface area contributed by atoms with Crippen molar-refractivity contribution in [3.63, 3.8) is 0 Å². The third kappa shape index (κ3) is 2.73. The van der Waals surface area contributed by atoms with Gasteiger partial charge in [-0.3, -0.25) is 14.3 Å². The maximum absolute atomic E-state index is 12.2. The van der Waals surface area contributed by atoms with Gasteiger partial charge >= 0.3 is 5.69 Å². The summed E-state index contributed by atoms with van der Waals surface area (Å²) in [7, 11) is 0. The van der Waals surface area contributed by atoms with Crippen molar-refractivity contribution in [3.8, 4) is 0 Å². The van der Waals surface area contributed by atoms with Gasteiger partial charge in [-0.05, 0) is 19.5 Å². The molecule has 2 heterocycles. The Hall–Kier alpha value is -1.52. The summed E-state index contributed by atoms with van der Waals surface area (Å²) in [6.45, 7) is 0.0673. The number of aliphatic hydroxyl groups excluding tert-OH is 2. The van der Waals surface area contributed by atoms with Crippen LogP contribution in [0.15, 0.2) is 21.9 Å². The number of aromatic amines is 1. The van der Waals surface area contributed by atoms with Crippen molar-refractivity contribution in [2.75, 3.05) is 19.7 Å². The van der Waals surface area contributed by atoms with E-state index in [4.69, 9.17) is 16.2 Å². The maximum atomic E-state index is 12.2. The molecule has 124 valence electrons. The molecule has 1 aliphatic heterocycles. The predicted molar refractivity (Wildman–Crippen MR) is 78.1 cm³/mol. The second-order valence-electron chi connectivity index (χ2n) is 5.38. The summed E-state index contributed by atoms with van der Waals surface area (Å²) in [5.74, 6) is -0.526. The molecule has 9 nitrogen and oxygen atoms in total. The zero-order chi connectivity index (χ0) is 16.3. The highest BCUT2D eigenvalue weighted by Gasteiger charge is 2.55. The van der Waals surface area contributed by atoms with Crippen LogP contribution < -0.4 is 22.7 Å². The van der Waals surface area contributed by atoms with Crippen molar-refractivity contribution in [2.24, 2.45) is 17.4 Å². The van der Waals surface area contributed by atoms with E-state index in [1.807, 2.05) is 0 Å². The number of H-pyrrole nitrogens is 1. The molecule has 2 rings (SSSR count). The van der Waals surface area contributed by atoms with Crippen LogP contribution in [0, 0.1) is 5.92 Å². The second-order valence-corrected chi connectivity index (χ2v) is 5.38. The zero-order valence-electron chi connectivity index (χ0n) is 12.1. The van der Waals surface area contributed by atoms with Crippen LogP contribution in [0.25, 0.3) is 0 Å². The van der Waals surface area contributed by atoms with Gasteiger partial charge in [-0.15, -0.1) is 0 Å². The Balaban J connectivity index is 2.58. The van der Waals surface area contributed by atoms with Gasteiger partial charge in [0.2, 0.25) is 0 Å². The lowest BCUT2D eigenvalue weighted by atomic mass is 9.85. The molecule has 1 aromatic rings. The molecule has 0 amide bonds. The predicted octanol–water partition coefficient (Wildman–Crippen LogP) is -2.74. The summed E-state index contributed by atoms with van der Waals surface area (Å²) in [4.78, 5) is 25.6. The molecule has 1 saturated heterocycles. The highest BCUT2D eigenvalue weighted by atomic mass is 16.6. The maximum Gasteiger partial charge on any atom is 0.330 e. The molecule has 0 spiro atoms. The average molecular weight is 314 g/mol. The van der Waals surface area contributed by atoms with Crippen molar-refractivity contribution in [1.82, 2.24) is 9.55 Å². The second kappa shape index (κ2) is 6.71. The number of hydrogen-bond donors (Lipinski definition) is 5. The van der Waals surface area contributed by atoms with Crippen LogP contribution in [0.1, 0.15) is 12.8 Å². The highest BCUT2D eigenvalue weighted by molar-refractivity contribution is 5.01. The monoisotopic (exact) mass is 314 g/mol. The average Bonchev–Trinajstić information content (AvgIpc) is 2.74. The lowest BCUT2D eigenvalue weighted by Gasteiger charge is -2.36. The summed E-state index contributed by atoms with van der Waals surface area (Å²) in [5, 5.41) is 19.8. The van der Waals surface area contributed by atoms with Crippen LogP contribution in [-0.2, 0) is 10.5 Å². The fraction of sp³-hybridized carbons (Fsp3) is 0.692. The summed E-state index contributed by atoms with van der Waals surface area (Å²) in [5.41, 5.74) is 8.83. The molecule has 0 aliphatic carbocycles. The minimum Gasteiger partial charge on any atom is -0.394 e. The van der Waals surface area contributed by atoms with E-state index in [0.29, 0.717) is 6.42 Å². The van der Waals surface area contributed by atoms with Crippen LogP contribution in [0.4, 0.5) is 0 Å². The van der Waals surface area contributed by atoms with Gasteiger partial charge in [-0.1, -0.05) is 0 Å². The van der Waals surface area contributed by atoms with E-state index in [-0.39, 0.29) is 19.5 Å². The van der Waals surface area contributed by atoms with Crippen molar-refractivity contribution < 1.29 is 14.9 Å². The molecule has 0 bridgehead atoms. The van der Waals surface area contributed by atoms with Gasteiger partial charge in [0.15, 0.2) is 5.72 Å². The number of nitrogens with zero attached hydrogens (tertiary/aromatic N) is 1. The molecule has 9 heteroatoms. The lowest BCUT2D eigenvalue weighted by Crippen LogP contribution is -2.50. The molecule has 0 unspecified atom stereocenters.